The lowest BCUT2D eigenvalue weighted by molar-refractivity contribution is -0.0503. The summed E-state index contributed by atoms with van der Waals surface area (Å²) in [4.78, 5) is 1.07. The zero-order valence-electron chi connectivity index (χ0n) is 11.0. The van der Waals surface area contributed by atoms with Gasteiger partial charge in [0.05, 0.1) is 0 Å². The minimum Gasteiger partial charge on any atom is -0.435 e. The molecule has 1 rings (SSSR count). The van der Waals surface area contributed by atoms with E-state index in [1.807, 2.05) is 19.9 Å². The Morgan fingerprint density at radius 1 is 1.18 bits per heavy atom. The number of ether oxygens (including phenoxy) is 1. The monoisotopic (exact) mass is 262 g/mol. The lowest BCUT2D eigenvalue weighted by Crippen LogP contribution is -2.03. The molecule has 0 aliphatic heterocycles. The van der Waals surface area contributed by atoms with E-state index in [1.54, 1.807) is 30.8 Å². The molecule has 0 bridgehead atoms. The summed E-state index contributed by atoms with van der Waals surface area (Å²) < 4.78 is 28.3. The van der Waals surface area contributed by atoms with Crippen LogP contribution in [0.2, 0.25) is 0 Å². The van der Waals surface area contributed by atoms with Gasteiger partial charge in [-0.1, -0.05) is 27.7 Å². The molecule has 0 aromatic heterocycles. The van der Waals surface area contributed by atoms with E-state index in [1.165, 1.54) is 0 Å². The third-order valence-corrected chi connectivity index (χ3v) is 2.73. The second-order valence-corrected chi connectivity index (χ2v) is 5.12. The molecule has 0 fully saturated rings. The fourth-order valence-corrected chi connectivity index (χ4v) is 2.13. The number of benzene rings is 1. The van der Waals surface area contributed by atoms with Crippen molar-refractivity contribution in [2.75, 3.05) is 0 Å². The molecule has 98 valence electrons. The molecule has 17 heavy (non-hydrogen) atoms. The number of thioether (sulfide) groups is 1. The van der Waals surface area contributed by atoms with E-state index < -0.39 is 6.61 Å². The van der Waals surface area contributed by atoms with Gasteiger partial charge in [-0.05, 0) is 30.7 Å². The molecule has 0 spiro atoms. The molecule has 0 aliphatic carbocycles. The van der Waals surface area contributed by atoms with E-state index in [0.29, 0.717) is 5.25 Å². The normalized spacial score (nSPS) is 10.2. The van der Waals surface area contributed by atoms with Gasteiger partial charge in [-0.3, -0.25) is 0 Å². The van der Waals surface area contributed by atoms with Crippen LogP contribution in [0, 0.1) is 6.92 Å². The van der Waals surface area contributed by atoms with Gasteiger partial charge in [-0.2, -0.15) is 8.78 Å². The van der Waals surface area contributed by atoms with Gasteiger partial charge in [-0.15, -0.1) is 11.8 Å². The smallest absolute Gasteiger partial charge is 0.387 e. The van der Waals surface area contributed by atoms with Crippen molar-refractivity contribution in [1.82, 2.24) is 0 Å². The van der Waals surface area contributed by atoms with Gasteiger partial charge in [0.1, 0.15) is 5.75 Å². The summed E-state index contributed by atoms with van der Waals surface area (Å²) in [6, 6.07) is 5.25. The molecular weight excluding hydrogens is 242 g/mol. The summed E-state index contributed by atoms with van der Waals surface area (Å²) in [7, 11) is 0. The van der Waals surface area contributed by atoms with Gasteiger partial charge >= 0.3 is 6.61 Å². The standard InChI is InChI=1S/C11H14F2OS.C2H6/c1-7(2)15-9-4-5-10(8(3)6-9)14-11(12)13;1-2/h4-7,11H,1-3H3;1-2H3. The van der Waals surface area contributed by atoms with Crippen LogP contribution in [-0.2, 0) is 0 Å². The van der Waals surface area contributed by atoms with Crippen LogP contribution in [0.5, 0.6) is 5.75 Å². The molecule has 0 radical (unpaired) electrons. The number of alkyl halides is 2. The van der Waals surface area contributed by atoms with Crippen molar-refractivity contribution in [3.05, 3.63) is 23.8 Å². The van der Waals surface area contributed by atoms with Crippen LogP contribution in [0.15, 0.2) is 23.1 Å². The minimum absolute atomic E-state index is 0.248. The summed E-state index contributed by atoms with van der Waals surface area (Å²) in [5.41, 5.74) is 0.737. The molecule has 1 aromatic carbocycles. The molecule has 0 amide bonds. The van der Waals surface area contributed by atoms with Gasteiger partial charge in [0.15, 0.2) is 0 Å². The van der Waals surface area contributed by atoms with Crippen molar-refractivity contribution in [3.63, 3.8) is 0 Å². The average Bonchev–Trinajstić information content (AvgIpc) is 2.24. The Balaban J connectivity index is 0.00000121. The average molecular weight is 262 g/mol. The highest BCUT2D eigenvalue weighted by Crippen LogP contribution is 2.28. The lowest BCUT2D eigenvalue weighted by Gasteiger charge is -2.10. The maximum absolute atomic E-state index is 12.0. The van der Waals surface area contributed by atoms with E-state index in [-0.39, 0.29) is 5.75 Å². The highest BCUT2D eigenvalue weighted by molar-refractivity contribution is 7.99. The summed E-state index contributed by atoms with van der Waals surface area (Å²) >= 11 is 1.70. The third kappa shape index (κ3) is 6.51. The SMILES string of the molecule is CC.Cc1cc(SC(C)C)ccc1OC(F)F. The maximum atomic E-state index is 12.0. The van der Waals surface area contributed by atoms with Gasteiger partial charge in [0.25, 0.3) is 0 Å². The van der Waals surface area contributed by atoms with Gasteiger partial charge in [-0.25, -0.2) is 0 Å². The summed E-state index contributed by atoms with van der Waals surface area (Å²) in [6.07, 6.45) is 0. The van der Waals surface area contributed by atoms with Crippen LogP contribution in [0.25, 0.3) is 0 Å². The summed E-state index contributed by atoms with van der Waals surface area (Å²) in [6.45, 7) is 7.18. The van der Waals surface area contributed by atoms with Crippen molar-refractivity contribution in [2.45, 2.75) is 51.4 Å². The van der Waals surface area contributed by atoms with E-state index >= 15 is 0 Å². The van der Waals surface area contributed by atoms with E-state index in [2.05, 4.69) is 18.6 Å². The van der Waals surface area contributed by atoms with Crippen molar-refractivity contribution >= 4 is 11.8 Å². The molecule has 0 N–H and O–H groups in total. The Morgan fingerprint density at radius 3 is 2.18 bits per heavy atom. The van der Waals surface area contributed by atoms with E-state index in [4.69, 9.17) is 0 Å². The van der Waals surface area contributed by atoms with Crippen LogP contribution in [0.4, 0.5) is 8.78 Å². The topological polar surface area (TPSA) is 9.23 Å². The Labute approximate surface area is 107 Å². The van der Waals surface area contributed by atoms with Crippen LogP contribution >= 0.6 is 11.8 Å². The van der Waals surface area contributed by atoms with E-state index in [9.17, 15) is 8.78 Å². The molecule has 0 unspecified atom stereocenters. The number of halogens is 2. The third-order valence-electron chi connectivity index (χ3n) is 1.73. The fourth-order valence-electron chi connectivity index (χ4n) is 1.20. The fraction of sp³-hybridized carbons (Fsp3) is 0.538. The molecule has 1 nitrogen and oxygen atoms in total. The summed E-state index contributed by atoms with van der Waals surface area (Å²) in [5.74, 6) is 0.248. The molecule has 0 saturated carbocycles. The van der Waals surface area contributed by atoms with Gasteiger partial charge in [0.2, 0.25) is 0 Å². The molecule has 4 heteroatoms. The first kappa shape index (κ1) is 16.2. The second kappa shape index (κ2) is 8.34. The minimum atomic E-state index is -2.76. The molecular formula is C13H20F2OS. The van der Waals surface area contributed by atoms with Crippen LogP contribution in [0.3, 0.4) is 0 Å². The van der Waals surface area contributed by atoms with E-state index in [0.717, 1.165) is 10.5 Å². The molecule has 0 aliphatic rings. The Bertz CT molecular complexity index is 327. The first-order valence-electron chi connectivity index (χ1n) is 5.71. The van der Waals surface area contributed by atoms with Gasteiger partial charge < -0.3 is 4.74 Å². The molecule has 0 heterocycles. The zero-order chi connectivity index (χ0) is 13.4. The number of aryl methyl sites for hydroxylation is 1. The molecule has 1 aromatic rings. The predicted molar refractivity (Wildman–Crippen MR) is 70.2 cm³/mol. The Morgan fingerprint density at radius 2 is 1.76 bits per heavy atom. The molecule has 0 atom stereocenters. The Hall–Kier alpha value is -0.770. The van der Waals surface area contributed by atoms with Crippen molar-refractivity contribution in [3.8, 4) is 5.75 Å². The van der Waals surface area contributed by atoms with Gasteiger partial charge in [0, 0.05) is 10.1 Å². The van der Waals surface area contributed by atoms with Crippen molar-refractivity contribution in [2.24, 2.45) is 0 Å². The summed E-state index contributed by atoms with van der Waals surface area (Å²) in [5, 5.41) is 0.478. The lowest BCUT2D eigenvalue weighted by atomic mass is 10.2. The Kier molecular flexibility index (Phi) is 7.96. The second-order valence-electron chi connectivity index (χ2n) is 3.47. The first-order valence-corrected chi connectivity index (χ1v) is 6.59. The number of hydrogen-bond acceptors (Lipinski definition) is 2. The van der Waals surface area contributed by atoms with Crippen LogP contribution in [0.1, 0.15) is 33.3 Å². The number of rotatable bonds is 4. The molecule has 0 saturated heterocycles. The zero-order valence-corrected chi connectivity index (χ0v) is 11.8. The highest BCUT2D eigenvalue weighted by Gasteiger charge is 2.08. The van der Waals surface area contributed by atoms with Crippen molar-refractivity contribution < 1.29 is 13.5 Å². The quantitative estimate of drug-likeness (QED) is 0.696. The maximum Gasteiger partial charge on any atom is 0.387 e. The van der Waals surface area contributed by atoms with Crippen molar-refractivity contribution in [1.29, 1.82) is 0 Å². The van der Waals surface area contributed by atoms with Crippen LogP contribution < -0.4 is 4.74 Å². The first-order chi connectivity index (χ1) is 7.99. The predicted octanol–water partition coefficient (Wildman–Crippen LogP) is 5.12. The van der Waals surface area contributed by atoms with Crippen LogP contribution in [-0.4, -0.2) is 11.9 Å². The highest BCUT2D eigenvalue weighted by atomic mass is 32.2. The number of hydrogen-bond donors (Lipinski definition) is 0. The largest absolute Gasteiger partial charge is 0.435 e.